The van der Waals surface area contributed by atoms with Gasteiger partial charge in [0.1, 0.15) is 22.6 Å². The zero-order valence-electron chi connectivity index (χ0n) is 19.1. The van der Waals surface area contributed by atoms with Crippen molar-refractivity contribution in [2.24, 2.45) is 5.73 Å². The third-order valence-corrected chi connectivity index (χ3v) is 5.95. The highest BCUT2D eigenvalue weighted by atomic mass is 35.5. The summed E-state index contributed by atoms with van der Waals surface area (Å²) in [5.41, 5.74) is 8.87. The molecule has 0 spiro atoms. The Morgan fingerprint density at radius 2 is 2.00 bits per heavy atom. The number of carbonyl (C=O) groups is 1. The molecule has 5 rings (SSSR count). The van der Waals surface area contributed by atoms with Crippen LogP contribution in [-0.4, -0.2) is 25.7 Å². The number of hydrogen-bond donors (Lipinski definition) is 1. The fraction of sp³-hybridized carbons (Fsp3) is 0.160. The number of carbonyl (C=O) groups excluding carboxylic acids is 1. The number of aromatic nitrogens is 4. The van der Waals surface area contributed by atoms with Gasteiger partial charge in [-0.05, 0) is 62.7 Å². The highest BCUT2D eigenvalue weighted by molar-refractivity contribution is 6.29. The molecular formula is C25H20ClN5O4. The van der Waals surface area contributed by atoms with Crippen molar-refractivity contribution in [3.05, 3.63) is 86.6 Å². The number of primary amides is 1. The molecule has 1 atom stereocenters. The van der Waals surface area contributed by atoms with Crippen LogP contribution in [0.15, 0.2) is 58.0 Å². The van der Waals surface area contributed by atoms with Crippen molar-refractivity contribution in [3.63, 3.8) is 0 Å². The van der Waals surface area contributed by atoms with E-state index in [0.717, 1.165) is 5.56 Å². The van der Waals surface area contributed by atoms with Gasteiger partial charge in [-0.2, -0.15) is 14.8 Å². The lowest BCUT2D eigenvalue weighted by Crippen LogP contribution is -2.17. The lowest BCUT2D eigenvalue weighted by Gasteiger charge is -2.19. The van der Waals surface area contributed by atoms with Gasteiger partial charge < -0.3 is 14.9 Å². The Morgan fingerprint density at radius 3 is 2.77 bits per heavy atom. The summed E-state index contributed by atoms with van der Waals surface area (Å²) in [6, 6.07) is 10.3. The third kappa shape index (κ3) is 3.89. The molecule has 1 amide bonds. The molecule has 2 N–H and O–H groups in total. The van der Waals surface area contributed by atoms with Crippen LogP contribution in [0.3, 0.4) is 0 Å². The van der Waals surface area contributed by atoms with Crippen LogP contribution in [0.2, 0.25) is 5.15 Å². The van der Waals surface area contributed by atoms with Crippen LogP contribution in [0.5, 0.6) is 5.75 Å². The molecule has 4 aromatic heterocycles. The normalized spacial score (nSPS) is 12.2. The lowest BCUT2D eigenvalue weighted by molar-refractivity contribution is 0.0988. The van der Waals surface area contributed by atoms with Gasteiger partial charge in [0.05, 0.1) is 22.7 Å². The molecule has 10 heteroatoms. The van der Waals surface area contributed by atoms with Gasteiger partial charge in [0.25, 0.3) is 5.91 Å². The van der Waals surface area contributed by atoms with Crippen molar-refractivity contribution >= 4 is 34.0 Å². The summed E-state index contributed by atoms with van der Waals surface area (Å²) in [6.45, 7) is 5.39. The van der Waals surface area contributed by atoms with Crippen LogP contribution >= 0.6 is 11.6 Å². The first-order chi connectivity index (χ1) is 16.7. The van der Waals surface area contributed by atoms with E-state index >= 15 is 0 Å². The summed E-state index contributed by atoms with van der Waals surface area (Å²) in [6.07, 6.45) is 2.62. The maximum atomic E-state index is 13.4. The highest BCUT2D eigenvalue weighted by Crippen LogP contribution is 2.34. The number of benzene rings is 1. The predicted molar refractivity (Wildman–Crippen MR) is 131 cm³/mol. The molecular weight excluding hydrogens is 470 g/mol. The second kappa shape index (κ2) is 8.52. The number of halogens is 1. The monoisotopic (exact) mass is 489 g/mol. The van der Waals surface area contributed by atoms with E-state index in [-0.39, 0.29) is 22.0 Å². The smallest absolute Gasteiger partial charge is 0.271 e. The maximum Gasteiger partial charge on any atom is 0.271 e. The number of rotatable bonds is 5. The summed E-state index contributed by atoms with van der Waals surface area (Å²) in [4.78, 5) is 29.3. The molecule has 5 aromatic rings. The van der Waals surface area contributed by atoms with E-state index in [2.05, 4.69) is 15.2 Å². The number of pyridine rings is 1. The first-order valence-electron chi connectivity index (χ1n) is 10.7. The van der Waals surface area contributed by atoms with Gasteiger partial charge in [0.2, 0.25) is 0 Å². The van der Waals surface area contributed by atoms with Crippen molar-refractivity contribution in [1.82, 2.24) is 19.8 Å². The first kappa shape index (κ1) is 22.5. The summed E-state index contributed by atoms with van der Waals surface area (Å²) in [7, 11) is 0. The van der Waals surface area contributed by atoms with E-state index in [9.17, 15) is 9.59 Å². The quantitative estimate of drug-likeness (QED) is 0.362. The minimum atomic E-state index is -0.769. The fourth-order valence-electron chi connectivity index (χ4n) is 4.08. The zero-order valence-corrected chi connectivity index (χ0v) is 19.8. The molecule has 0 saturated carbocycles. The number of aryl methyl sites for hydroxylation is 1. The van der Waals surface area contributed by atoms with Crippen LogP contribution in [0.25, 0.3) is 27.8 Å². The molecule has 9 nitrogen and oxygen atoms in total. The van der Waals surface area contributed by atoms with Crippen molar-refractivity contribution in [2.45, 2.75) is 26.9 Å². The number of fused-ring (bicyclic) bond motifs is 2. The molecule has 176 valence electrons. The average molecular weight is 490 g/mol. The Hall–Kier alpha value is -4.24. The van der Waals surface area contributed by atoms with Crippen LogP contribution < -0.4 is 15.9 Å². The SMILES string of the molecule is Cc1cc([C@@H](C)Oc2ccc(Cl)nc2C(N)=O)c2oc(-c3cnn4ncccc34)c(C)c(=O)c2c1. The van der Waals surface area contributed by atoms with Gasteiger partial charge in [-0.3, -0.25) is 9.59 Å². The minimum absolute atomic E-state index is 0.0850. The van der Waals surface area contributed by atoms with Crippen molar-refractivity contribution < 1.29 is 13.9 Å². The van der Waals surface area contributed by atoms with Crippen molar-refractivity contribution in [1.29, 1.82) is 0 Å². The van der Waals surface area contributed by atoms with Crippen LogP contribution in [0, 0.1) is 13.8 Å². The van der Waals surface area contributed by atoms with Gasteiger partial charge in [-0.25, -0.2) is 4.98 Å². The molecule has 0 bridgehead atoms. The van der Waals surface area contributed by atoms with E-state index in [0.29, 0.717) is 38.9 Å². The van der Waals surface area contributed by atoms with Crippen LogP contribution in [0.1, 0.15) is 40.2 Å². The van der Waals surface area contributed by atoms with Gasteiger partial charge in [-0.1, -0.05) is 11.6 Å². The molecule has 0 aliphatic carbocycles. The summed E-state index contributed by atoms with van der Waals surface area (Å²) < 4.78 is 13.9. The van der Waals surface area contributed by atoms with Gasteiger partial charge in [0, 0.05) is 17.3 Å². The van der Waals surface area contributed by atoms with E-state index < -0.39 is 12.0 Å². The molecule has 4 heterocycles. The molecule has 0 aliphatic rings. The molecule has 0 unspecified atom stereocenters. The number of nitrogens with zero attached hydrogens (tertiary/aromatic N) is 4. The topological polar surface area (TPSA) is 126 Å². The van der Waals surface area contributed by atoms with Gasteiger partial charge in [0.15, 0.2) is 16.9 Å². The molecule has 0 saturated heterocycles. The Balaban J connectivity index is 1.69. The standard InChI is InChI=1S/C25H20ClN5O4/c1-12-9-15(14(3)34-19-6-7-20(26)30-21(19)25(27)33)24-16(10-12)22(32)13(2)23(35-24)17-11-29-31-18(17)5-4-8-28-31/h4-11,14H,1-3H3,(H2,27,33)/t14-/m1/s1. The van der Waals surface area contributed by atoms with Gasteiger partial charge in [-0.15, -0.1) is 0 Å². The first-order valence-corrected chi connectivity index (χ1v) is 11.1. The highest BCUT2D eigenvalue weighted by Gasteiger charge is 2.23. The van der Waals surface area contributed by atoms with E-state index in [1.54, 1.807) is 38.4 Å². The number of hydrogen-bond acceptors (Lipinski definition) is 7. The zero-order chi connectivity index (χ0) is 24.9. The van der Waals surface area contributed by atoms with E-state index in [4.69, 9.17) is 26.5 Å². The lowest BCUT2D eigenvalue weighted by atomic mass is 10.00. The Labute approximate surface area is 204 Å². The second-order valence-corrected chi connectivity index (χ2v) is 8.57. The Bertz CT molecular complexity index is 1690. The minimum Gasteiger partial charge on any atom is -0.483 e. The second-order valence-electron chi connectivity index (χ2n) is 8.18. The maximum absolute atomic E-state index is 13.4. The largest absolute Gasteiger partial charge is 0.483 e. The van der Waals surface area contributed by atoms with E-state index in [1.165, 1.54) is 16.8 Å². The van der Waals surface area contributed by atoms with E-state index in [1.807, 2.05) is 19.1 Å². The summed E-state index contributed by atoms with van der Waals surface area (Å²) in [5.74, 6) is -0.198. The fourth-order valence-corrected chi connectivity index (χ4v) is 4.23. The molecule has 0 radical (unpaired) electrons. The molecule has 0 fully saturated rings. The van der Waals surface area contributed by atoms with Gasteiger partial charge >= 0.3 is 0 Å². The third-order valence-electron chi connectivity index (χ3n) is 5.74. The Kier molecular flexibility index (Phi) is 5.49. The molecule has 0 aliphatic heterocycles. The summed E-state index contributed by atoms with van der Waals surface area (Å²) >= 11 is 5.92. The van der Waals surface area contributed by atoms with Crippen molar-refractivity contribution in [2.75, 3.05) is 0 Å². The van der Waals surface area contributed by atoms with Crippen molar-refractivity contribution in [3.8, 4) is 17.1 Å². The summed E-state index contributed by atoms with van der Waals surface area (Å²) in [5, 5.41) is 9.00. The van der Waals surface area contributed by atoms with Crippen LogP contribution in [-0.2, 0) is 0 Å². The molecule has 1 aromatic carbocycles. The van der Waals surface area contributed by atoms with Crippen LogP contribution in [0.4, 0.5) is 0 Å². The average Bonchev–Trinajstić information content (AvgIpc) is 3.26. The molecule has 35 heavy (non-hydrogen) atoms. The number of ether oxygens (including phenoxy) is 1. The number of nitrogens with two attached hydrogens (primary N) is 1. The Morgan fingerprint density at radius 1 is 1.20 bits per heavy atom. The predicted octanol–water partition coefficient (Wildman–Crippen LogP) is 4.41. The number of amides is 1.